The molecule has 5 nitrogen and oxygen atoms in total. The number of benzene rings is 1. The average Bonchev–Trinajstić information content (AvgIpc) is 3.30. The molecular formula is C21H24N4OS. The lowest BCUT2D eigenvalue weighted by Crippen LogP contribution is -2.19. The van der Waals surface area contributed by atoms with Gasteiger partial charge in [-0.25, -0.2) is 4.98 Å². The predicted molar refractivity (Wildman–Crippen MR) is 109 cm³/mol. The third-order valence-electron chi connectivity index (χ3n) is 5.04. The Kier molecular flexibility index (Phi) is 5.34. The predicted octanol–water partition coefficient (Wildman–Crippen LogP) is 5.21. The fraction of sp³-hybridized carbons (Fsp3) is 0.381. The van der Waals surface area contributed by atoms with E-state index in [9.17, 15) is 4.79 Å². The van der Waals surface area contributed by atoms with Crippen LogP contribution in [0.2, 0.25) is 0 Å². The smallest absolute Gasteiger partial charge is 0.225 e. The first kappa shape index (κ1) is 17.9. The van der Waals surface area contributed by atoms with E-state index in [2.05, 4.69) is 10.4 Å². The second-order valence-electron chi connectivity index (χ2n) is 7.22. The van der Waals surface area contributed by atoms with Crippen LogP contribution in [0.15, 0.2) is 41.8 Å². The Balaban J connectivity index is 1.51. The fourth-order valence-electron chi connectivity index (χ4n) is 3.68. The highest BCUT2D eigenvalue weighted by Gasteiger charge is 2.19. The highest BCUT2D eigenvalue weighted by molar-refractivity contribution is 7.12. The van der Waals surface area contributed by atoms with Crippen molar-refractivity contribution in [3.63, 3.8) is 0 Å². The van der Waals surface area contributed by atoms with Gasteiger partial charge in [0.05, 0.1) is 11.4 Å². The molecule has 4 rings (SSSR count). The summed E-state index contributed by atoms with van der Waals surface area (Å²) in [6.45, 7) is 1.93. The van der Waals surface area contributed by atoms with E-state index >= 15 is 0 Å². The van der Waals surface area contributed by atoms with E-state index < -0.39 is 0 Å². The molecule has 1 aromatic carbocycles. The second-order valence-corrected chi connectivity index (χ2v) is 8.06. The minimum absolute atomic E-state index is 0.0721. The van der Waals surface area contributed by atoms with Crippen LogP contribution in [0.3, 0.4) is 0 Å². The highest BCUT2D eigenvalue weighted by Crippen LogP contribution is 2.28. The topological polar surface area (TPSA) is 59.8 Å². The normalized spacial score (nSPS) is 15.0. The van der Waals surface area contributed by atoms with Gasteiger partial charge in [-0.3, -0.25) is 4.79 Å². The SMILES string of the molecule is Cc1cc(NC(=O)CC2CCCCC2)n(-c2nc(-c3ccccc3)cs2)n1. The van der Waals surface area contributed by atoms with E-state index in [1.54, 1.807) is 4.68 Å². The van der Waals surface area contributed by atoms with Crippen LogP contribution in [0, 0.1) is 12.8 Å². The number of amides is 1. The van der Waals surface area contributed by atoms with E-state index in [0.717, 1.165) is 22.1 Å². The number of nitrogens with zero attached hydrogens (tertiary/aromatic N) is 3. The molecular weight excluding hydrogens is 356 g/mol. The molecule has 0 spiro atoms. The monoisotopic (exact) mass is 380 g/mol. The molecule has 2 aromatic heterocycles. The summed E-state index contributed by atoms with van der Waals surface area (Å²) < 4.78 is 1.74. The van der Waals surface area contributed by atoms with Gasteiger partial charge in [-0.05, 0) is 25.7 Å². The molecule has 1 fully saturated rings. The van der Waals surface area contributed by atoms with E-state index in [1.165, 1.54) is 43.4 Å². The minimum Gasteiger partial charge on any atom is -0.310 e. The Morgan fingerprint density at radius 3 is 2.78 bits per heavy atom. The molecule has 0 unspecified atom stereocenters. The average molecular weight is 381 g/mol. The number of carbonyl (C=O) groups excluding carboxylic acids is 1. The number of thiazole rings is 1. The van der Waals surface area contributed by atoms with Gasteiger partial charge in [0.25, 0.3) is 0 Å². The Bertz CT molecular complexity index is 909. The third kappa shape index (κ3) is 4.27. The zero-order chi connectivity index (χ0) is 18.6. The molecule has 1 aliphatic rings. The first-order valence-electron chi connectivity index (χ1n) is 9.57. The molecule has 1 saturated carbocycles. The van der Waals surface area contributed by atoms with Crippen LogP contribution in [0.4, 0.5) is 5.82 Å². The van der Waals surface area contributed by atoms with Crippen molar-refractivity contribution in [2.24, 2.45) is 5.92 Å². The lowest BCUT2D eigenvalue weighted by molar-refractivity contribution is -0.117. The Morgan fingerprint density at radius 2 is 2.00 bits per heavy atom. The second kappa shape index (κ2) is 8.05. The van der Waals surface area contributed by atoms with Crippen LogP contribution in [0.5, 0.6) is 0 Å². The van der Waals surface area contributed by atoms with Crippen molar-refractivity contribution in [1.82, 2.24) is 14.8 Å². The highest BCUT2D eigenvalue weighted by atomic mass is 32.1. The molecule has 2 heterocycles. The number of anilines is 1. The van der Waals surface area contributed by atoms with Gasteiger partial charge in [0.2, 0.25) is 11.0 Å². The van der Waals surface area contributed by atoms with Gasteiger partial charge in [0.1, 0.15) is 5.82 Å². The van der Waals surface area contributed by atoms with Crippen molar-refractivity contribution in [2.45, 2.75) is 45.4 Å². The number of rotatable bonds is 5. The van der Waals surface area contributed by atoms with Crippen molar-refractivity contribution in [3.05, 3.63) is 47.5 Å². The van der Waals surface area contributed by atoms with Gasteiger partial charge < -0.3 is 5.32 Å². The summed E-state index contributed by atoms with van der Waals surface area (Å²) in [6.07, 6.45) is 6.72. The van der Waals surface area contributed by atoms with Gasteiger partial charge in [-0.2, -0.15) is 9.78 Å². The van der Waals surface area contributed by atoms with Gasteiger partial charge in [-0.1, -0.05) is 49.6 Å². The van der Waals surface area contributed by atoms with Crippen LogP contribution >= 0.6 is 11.3 Å². The van der Waals surface area contributed by atoms with E-state index in [1.807, 2.05) is 48.7 Å². The summed E-state index contributed by atoms with van der Waals surface area (Å²) in [7, 11) is 0. The first-order valence-corrected chi connectivity index (χ1v) is 10.4. The van der Waals surface area contributed by atoms with Gasteiger partial charge in [0.15, 0.2) is 0 Å². The summed E-state index contributed by atoms with van der Waals surface area (Å²) in [5.41, 5.74) is 2.86. The molecule has 140 valence electrons. The number of hydrogen-bond donors (Lipinski definition) is 1. The maximum atomic E-state index is 12.5. The van der Waals surface area contributed by atoms with E-state index in [4.69, 9.17) is 4.98 Å². The maximum Gasteiger partial charge on any atom is 0.225 e. The molecule has 0 saturated heterocycles. The first-order chi connectivity index (χ1) is 13.2. The Morgan fingerprint density at radius 1 is 1.22 bits per heavy atom. The van der Waals surface area contributed by atoms with Crippen molar-refractivity contribution in [1.29, 1.82) is 0 Å². The molecule has 1 amide bonds. The molecule has 1 N–H and O–H groups in total. The molecule has 1 aliphatic carbocycles. The van der Waals surface area contributed by atoms with Crippen molar-refractivity contribution in [3.8, 4) is 16.4 Å². The molecule has 0 bridgehead atoms. The van der Waals surface area contributed by atoms with Crippen molar-refractivity contribution in [2.75, 3.05) is 5.32 Å². The van der Waals surface area contributed by atoms with Crippen molar-refractivity contribution >= 4 is 23.1 Å². The number of aromatic nitrogens is 3. The quantitative estimate of drug-likeness (QED) is 0.661. The molecule has 27 heavy (non-hydrogen) atoms. The zero-order valence-electron chi connectivity index (χ0n) is 15.5. The summed E-state index contributed by atoms with van der Waals surface area (Å²) >= 11 is 1.53. The molecule has 3 aromatic rings. The van der Waals surface area contributed by atoms with Crippen LogP contribution in [0.25, 0.3) is 16.4 Å². The standard InChI is InChI=1S/C21H24N4OS/c1-15-12-19(23-20(26)13-16-8-4-2-5-9-16)25(24-15)21-22-18(14-27-21)17-10-6-3-7-11-17/h3,6-7,10-12,14,16H,2,4-5,8-9,13H2,1H3,(H,23,26). The Labute approximate surface area is 163 Å². The number of carbonyl (C=O) groups is 1. The largest absolute Gasteiger partial charge is 0.310 e. The molecule has 0 atom stereocenters. The lowest BCUT2D eigenvalue weighted by atomic mass is 9.87. The van der Waals surface area contributed by atoms with Crippen molar-refractivity contribution < 1.29 is 4.79 Å². The summed E-state index contributed by atoms with van der Waals surface area (Å²) in [5.74, 6) is 1.28. The number of hydrogen-bond acceptors (Lipinski definition) is 4. The van der Waals surface area contributed by atoms with Crippen LogP contribution in [-0.2, 0) is 4.79 Å². The van der Waals surface area contributed by atoms with Crippen LogP contribution in [0.1, 0.15) is 44.2 Å². The summed E-state index contributed by atoms with van der Waals surface area (Å²) in [4.78, 5) is 17.2. The maximum absolute atomic E-state index is 12.5. The van der Waals surface area contributed by atoms with Crippen LogP contribution in [-0.4, -0.2) is 20.7 Å². The Hall–Kier alpha value is -2.47. The summed E-state index contributed by atoms with van der Waals surface area (Å²) in [5, 5.41) is 10.4. The van der Waals surface area contributed by atoms with E-state index in [0.29, 0.717) is 18.2 Å². The lowest BCUT2D eigenvalue weighted by Gasteiger charge is -2.20. The number of nitrogens with one attached hydrogen (secondary N) is 1. The molecule has 0 radical (unpaired) electrons. The van der Waals surface area contributed by atoms with Gasteiger partial charge in [-0.15, -0.1) is 11.3 Å². The minimum atomic E-state index is 0.0721. The zero-order valence-corrected chi connectivity index (χ0v) is 16.3. The fourth-order valence-corrected chi connectivity index (χ4v) is 4.48. The third-order valence-corrected chi connectivity index (χ3v) is 5.86. The van der Waals surface area contributed by atoms with E-state index in [-0.39, 0.29) is 5.91 Å². The molecule has 6 heteroatoms. The van der Waals surface area contributed by atoms with Crippen LogP contribution < -0.4 is 5.32 Å². The summed E-state index contributed by atoms with van der Waals surface area (Å²) in [6, 6.07) is 12.0. The van der Waals surface area contributed by atoms with Gasteiger partial charge >= 0.3 is 0 Å². The van der Waals surface area contributed by atoms with Gasteiger partial charge in [0, 0.05) is 23.4 Å². The number of aryl methyl sites for hydroxylation is 1. The molecule has 0 aliphatic heterocycles.